The summed E-state index contributed by atoms with van der Waals surface area (Å²) < 4.78 is 11.1. The molecule has 2 rings (SSSR count). The molecule has 1 N–H and O–H groups in total. The van der Waals surface area contributed by atoms with Gasteiger partial charge in [-0.05, 0) is 57.0 Å². The van der Waals surface area contributed by atoms with E-state index < -0.39 is 6.10 Å². The number of carbonyl (C=O) groups is 1. The number of para-hydroxylation sites is 1. The van der Waals surface area contributed by atoms with Crippen molar-refractivity contribution < 1.29 is 14.3 Å². The van der Waals surface area contributed by atoms with E-state index in [0.717, 1.165) is 22.4 Å². The lowest BCUT2D eigenvalue weighted by molar-refractivity contribution is -0.127. The number of hydrogen-bond acceptors (Lipinski definition) is 3. The van der Waals surface area contributed by atoms with Crippen molar-refractivity contribution in [2.75, 3.05) is 7.11 Å². The van der Waals surface area contributed by atoms with Crippen LogP contribution in [0.3, 0.4) is 0 Å². The van der Waals surface area contributed by atoms with Gasteiger partial charge in [0.2, 0.25) is 0 Å². The van der Waals surface area contributed by atoms with Crippen molar-refractivity contribution >= 4 is 5.91 Å². The molecule has 0 saturated carbocycles. The predicted molar refractivity (Wildman–Crippen MR) is 95.6 cm³/mol. The van der Waals surface area contributed by atoms with Gasteiger partial charge < -0.3 is 14.8 Å². The van der Waals surface area contributed by atoms with Crippen molar-refractivity contribution in [3.63, 3.8) is 0 Å². The third-order valence-corrected chi connectivity index (χ3v) is 3.84. The molecular weight excluding hydrogens is 302 g/mol. The third-order valence-electron chi connectivity index (χ3n) is 3.84. The molecule has 0 heterocycles. The van der Waals surface area contributed by atoms with Gasteiger partial charge >= 0.3 is 0 Å². The number of benzene rings is 2. The van der Waals surface area contributed by atoms with E-state index in [4.69, 9.17) is 9.47 Å². The van der Waals surface area contributed by atoms with Crippen LogP contribution in [0.5, 0.6) is 11.5 Å². The van der Waals surface area contributed by atoms with Crippen LogP contribution < -0.4 is 14.8 Å². The van der Waals surface area contributed by atoms with Gasteiger partial charge in [0, 0.05) is 5.56 Å². The molecule has 0 radical (unpaired) electrons. The molecule has 1 amide bonds. The van der Waals surface area contributed by atoms with E-state index in [-0.39, 0.29) is 11.9 Å². The number of carbonyl (C=O) groups excluding carboxylic acids is 1. The minimum absolute atomic E-state index is 0.160. The molecule has 0 aliphatic carbocycles. The molecule has 128 valence electrons. The number of aryl methyl sites for hydroxylation is 2. The predicted octanol–water partition coefficient (Wildman–Crippen LogP) is 3.96. The topological polar surface area (TPSA) is 47.6 Å². The smallest absolute Gasteiger partial charge is 0.261 e. The molecule has 0 aliphatic heterocycles. The van der Waals surface area contributed by atoms with Crippen LogP contribution in [0.4, 0.5) is 0 Å². The summed E-state index contributed by atoms with van der Waals surface area (Å²) in [5.41, 5.74) is 3.16. The van der Waals surface area contributed by atoms with Gasteiger partial charge in [0.05, 0.1) is 13.2 Å². The fourth-order valence-electron chi connectivity index (χ4n) is 2.69. The van der Waals surface area contributed by atoms with Gasteiger partial charge in [0.1, 0.15) is 11.5 Å². The standard InChI is InChI=1S/C20H25NO3/c1-13-10-14(2)12-17(11-13)24-16(4)20(22)21-15(3)18-8-6-7-9-19(18)23-5/h6-12,15-16H,1-5H3,(H,21,22). The highest BCUT2D eigenvalue weighted by Gasteiger charge is 2.19. The number of methoxy groups -OCH3 is 1. The van der Waals surface area contributed by atoms with E-state index in [2.05, 4.69) is 11.4 Å². The summed E-state index contributed by atoms with van der Waals surface area (Å²) in [4.78, 5) is 12.4. The summed E-state index contributed by atoms with van der Waals surface area (Å²) in [7, 11) is 1.62. The van der Waals surface area contributed by atoms with Gasteiger partial charge in [-0.1, -0.05) is 24.3 Å². The first-order valence-electron chi connectivity index (χ1n) is 8.09. The average molecular weight is 327 g/mol. The SMILES string of the molecule is COc1ccccc1C(C)NC(=O)C(C)Oc1cc(C)cc(C)c1. The molecule has 2 unspecified atom stereocenters. The molecule has 2 atom stereocenters. The summed E-state index contributed by atoms with van der Waals surface area (Å²) in [5.74, 6) is 1.31. The second kappa shape index (κ2) is 7.86. The van der Waals surface area contributed by atoms with Crippen LogP contribution >= 0.6 is 0 Å². The number of ether oxygens (including phenoxy) is 2. The molecule has 4 nitrogen and oxygen atoms in total. The quantitative estimate of drug-likeness (QED) is 0.874. The van der Waals surface area contributed by atoms with Crippen LogP contribution in [0.15, 0.2) is 42.5 Å². The van der Waals surface area contributed by atoms with Crippen molar-refractivity contribution in [2.45, 2.75) is 39.8 Å². The maximum atomic E-state index is 12.4. The monoisotopic (exact) mass is 327 g/mol. The molecule has 0 aromatic heterocycles. The zero-order chi connectivity index (χ0) is 17.7. The lowest BCUT2D eigenvalue weighted by atomic mass is 10.1. The Bertz CT molecular complexity index is 692. The highest BCUT2D eigenvalue weighted by molar-refractivity contribution is 5.81. The van der Waals surface area contributed by atoms with Crippen molar-refractivity contribution in [3.8, 4) is 11.5 Å². The van der Waals surface area contributed by atoms with Gasteiger partial charge in [-0.3, -0.25) is 4.79 Å². The van der Waals surface area contributed by atoms with Crippen LogP contribution in [-0.4, -0.2) is 19.1 Å². The number of rotatable bonds is 6. The van der Waals surface area contributed by atoms with Gasteiger partial charge in [-0.25, -0.2) is 0 Å². The van der Waals surface area contributed by atoms with E-state index in [0.29, 0.717) is 5.75 Å². The molecule has 0 spiro atoms. The van der Waals surface area contributed by atoms with Crippen molar-refractivity contribution in [3.05, 3.63) is 59.2 Å². The molecule has 24 heavy (non-hydrogen) atoms. The van der Waals surface area contributed by atoms with Gasteiger partial charge in [0.15, 0.2) is 6.10 Å². The summed E-state index contributed by atoms with van der Waals surface area (Å²) >= 11 is 0. The summed E-state index contributed by atoms with van der Waals surface area (Å²) in [6.45, 7) is 7.70. The van der Waals surface area contributed by atoms with Crippen LogP contribution in [0.25, 0.3) is 0 Å². The van der Waals surface area contributed by atoms with E-state index in [9.17, 15) is 4.79 Å². The normalized spacial score (nSPS) is 13.0. The minimum atomic E-state index is -0.580. The second-order valence-electron chi connectivity index (χ2n) is 6.06. The molecule has 0 bridgehead atoms. The number of nitrogens with one attached hydrogen (secondary N) is 1. The fourth-order valence-corrected chi connectivity index (χ4v) is 2.69. The third kappa shape index (κ3) is 4.51. The molecule has 2 aromatic carbocycles. The highest BCUT2D eigenvalue weighted by Crippen LogP contribution is 2.24. The Kier molecular flexibility index (Phi) is 5.85. The van der Waals surface area contributed by atoms with Gasteiger partial charge in [-0.15, -0.1) is 0 Å². The van der Waals surface area contributed by atoms with Crippen molar-refractivity contribution in [2.24, 2.45) is 0 Å². The molecular formula is C20H25NO3. The minimum Gasteiger partial charge on any atom is -0.496 e. The maximum Gasteiger partial charge on any atom is 0.261 e. The molecule has 0 saturated heterocycles. The first kappa shape index (κ1) is 17.9. The van der Waals surface area contributed by atoms with Crippen LogP contribution in [0.2, 0.25) is 0 Å². The Balaban J connectivity index is 2.03. The largest absolute Gasteiger partial charge is 0.496 e. The Morgan fingerprint density at radius 1 is 1.04 bits per heavy atom. The van der Waals surface area contributed by atoms with E-state index >= 15 is 0 Å². The Labute approximate surface area is 143 Å². The van der Waals surface area contributed by atoms with Gasteiger partial charge in [-0.2, -0.15) is 0 Å². The highest BCUT2D eigenvalue weighted by atomic mass is 16.5. The summed E-state index contributed by atoms with van der Waals surface area (Å²) in [5, 5.41) is 2.98. The van der Waals surface area contributed by atoms with E-state index in [1.807, 2.05) is 57.2 Å². The molecule has 0 aliphatic rings. The Morgan fingerprint density at radius 2 is 1.67 bits per heavy atom. The molecule has 4 heteroatoms. The van der Waals surface area contributed by atoms with Gasteiger partial charge in [0.25, 0.3) is 5.91 Å². The van der Waals surface area contributed by atoms with Crippen molar-refractivity contribution in [1.82, 2.24) is 5.32 Å². The van der Waals surface area contributed by atoms with Crippen LogP contribution in [0, 0.1) is 13.8 Å². The van der Waals surface area contributed by atoms with Crippen LogP contribution in [0.1, 0.15) is 36.6 Å². The summed E-state index contributed by atoms with van der Waals surface area (Å²) in [6, 6.07) is 13.4. The Morgan fingerprint density at radius 3 is 2.29 bits per heavy atom. The zero-order valence-electron chi connectivity index (χ0n) is 14.9. The van der Waals surface area contributed by atoms with E-state index in [1.54, 1.807) is 14.0 Å². The second-order valence-corrected chi connectivity index (χ2v) is 6.06. The van der Waals surface area contributed by atoms with E-state index in [1.165, 1.54) is 0 Å². The zero-order valence-corrected chi connectivity index (χ0v) is 14.9. The average Bonchev–Trinajstić information content (AvgIpc) is 2.53. The summed E-state index contributed by atoms with van der Waals surface area (Å²) in [6.07, 6.45) is -0.580. The molecule has 0 fully saturated rings. The lowest BCUT2D eigenvalue weighted by Gasteiger charge is -2.20. The number of hydrogen-bond donors (Lipinski definition) is 1. The lowest BCUT2D eigenvalue weighted by Crippen LogP contribution is -2.37. The number of amides is 1. The molecule has 2 aromatic rings. The van der Waals surface area contributed by atoms with Crippen LogP contribution in [-0.2, 0) is 4.79 Å². The fraction of sp³-hybridized carbons (Fsp3) is 0.350. The first-order chi connectivity index (χ1) is 11.4. The maximum absolute atomic E-state index is 12.4. The van der Waals surface area contributed by atoms with Crippen molar-refractivity contribution in [1.29, 1.82) is 0 Å². The Hall–Kier alpha value is -2.49. The first-order valence-corrected chi connectivity index (χ1v) is 8.09.